The van der Waals surface area contributed by atoms with Gasteiger partial charge >= 0.3 is 0 Å². The molecule has 3 aromatic rings. The Balaban J connectivity index is 1.83. The monoisotopic (exact) mass is 259 g/mol. The van der Waals surface area contributed by atoms with Crippen molar-refractivity contribution in [1.82, 2.24) is 4.98 Å². The first-order valence-corrected chi connectivity index (χ1v) is 5.89. The number of pyridine rings is 1. The summed E-state index contributed by atoms with van der Waals surface area (Å²) in [6.45, 7) is 0.445. The van der Waals surface area contributed by atoms with Gasteiger partial charge in [-0.25, -0.2) is 0 Å². The van der Waals surface area contributed by atoms with Crippen molar-refractivity contribution in [2.45, 2.75) is 6.61 Å². The number of halogens is 1. The van der Waals surface area contributed by atoms with Crippen LogP contribution in [-0.2, 0) is 6.61 Å². The fraction of sp³-hybridized carbons (Fsp3) is 0.0714. The second-order valence-corrected chi connectivity index (χ2v) is 4.32. The molecule has 3 rings (SSSR count). The highest BCUT2D eigenvalue weighted by Gasteiger charge is 2.06. The van der Waals surface area contributed by atoms with Crippen LogP contribution >= 0.6 is 11.6 Å². The lowest BCUT2D eigenvalue weighted by Gasteiger charge is -2.03. The SMILES string of the molecule is Clc1ccc2c(COc3cccnc3)coc2c1. The molecule has 0 unspecified atom stereocenters. The predicted octanol–water partition coefficient (Wildman–Crippen LogP) is 4.06. The first kappa shape index (κ1) is 11.1. The van der Waals surface area contributed by atoms with E-state index >= 15 is 0 Å². The first-order chi connectivity index (χ1) is 8.83. The Morgan fingerprint density at radius 2 is 2.22 bits per heavy atom. The van der Waals surface area contributed by atoms with E-state index in [9.17, 15) is 0 Å². The number of hydrogen-bond donors (Lipinski definition) is 0. The third-order valence-electron chi connectivity index (χ3n) is 2.65. The van der Waals surface area contributed by atoms with Crippen LogP contribution in [0.4, 0.5) is 0 Å². The number of furan rings is 1. The summed E-state index contributed by atoms with van der Waals surface area (Å²) in [5.41, 5.74) is 1.76. The summed E-state index contributed by atoms with van der Waals surface area (Å²) in [4.78, 5) is 3.99. The molecule has 0 amide bonds. The van der Waals surface area contributed by atoms with E-state index in [4.69, 9.17) is 20.8 Å². The van der Waals surface area contributed by atoms with Crippen molar-refractivity contribution in [3.63, 3.8) is 0 Å². The summed E-state index contributed by atoms with van der Waals surface area (Å²) in [6, 6.07) is 9.27. The second-order valence-electron chi connectivity index (χ2n) is 3.88. The van der Waals surface area contributed by atoms with E-state index < -0.39 is 0 Å². The van der Waals surface area contributed by atoms with E-state index in [2.05, 4.69) is 4.98 Å². The Morgan fingerprint density at radius 1 is 1.28 bits per heavy atom. The third kappa shape index (κ3) is 2.17. The van der Waals surface area contributed by atoms with E-state index in [1.807, 2.05) is 24.3 Å². The van der Waals surface area contributed by atoms with Crippen LogP contribution in [0, 0.1) is 0 Å². The van der Waals surface area contributed by atoms with Gasteiger partial charge in [0.1, 0.15) is 17.9 Å². The molecule has 0 aliphatic carbocycles. The second kappa shape index (κ2) is 4.70. The average molecular weight is 260 g/mol. The van der Waals surface area contributed by atoms with Crippen molar-refractivity contribution in [3.8, 4) is 5.75 Å². The lowest BCUT2D eigenvalue weighted by Crippen LogP contribution is -1.94. The molecule has 1 aromatic carbocycles. The molecule has 3 nitrogen and oxygen atoms in total. The smallest absolute Gasteiger partial charge is 0.138 e. The minimum atomic E-state index is 0.445. The van der Waals surface area contributed by atoms with E-state index in [0.29, 0.717) is 11.6 Å². The fourth-order valence-corrected chi connectivity index (χ4v) is 1.92. The molecule has 0 radical (unpaired) electrons. The van der Waals surface area contributed by atoms with Gasteiger partial charge in [-0.15, -0.1) is 0 Å². The minimum Gasteiger partial charge on any atom is -0.487 e. The zero-order valence-corrected chi connectivity index (χ0v) is 10.2. The van der Waals surface area contributed by atoms with Gasteiger partial charge in [-0.05, 0) is 30.3 Å². The van der Waals surface area contributed by atoms with Crippen molar-refractivity contribution < 1.29 is 9.15 Å². The maximum absolute atomic E-state index is 5.90. The maximum Gasteiger partial charge on any atom is 0.138 e. The number of hydrogen-bond acceptors (Lipinski definition) is 3. The molecule has 90 valence electrons. The summed E-state index contributed by atoms with van der Waals surface area (Å²) < 4.78 is 11.1. The molecule has 2 aromatic heterocycles. The topological polar surface area (TPSA) is 35.3 Å². The van der Waals surface area contributed by atoms with Crippen molar-refractivity contribution in [1.29, 1.82) is 0 Å². The third-order valence-corrected chi connectivity index (χ3v) is 2.88. The number of nitrogens with zero attached hydrogens (tertiary/aromatic N) is 1. The number of aromatic nitrogens is 1. The Hall–Kier alpha value is -2.00. The maximum atomic E-state index is 5.90. The van der Waals surface area contributed by atoms with Crippen molar-refractivity contribution in [2.75, 3.05) is 0 Å². The van der Waals surface area contributed by atoms with E-state index in [1.54, 1.807) is 24.7 Å². The lowest BCUT2D eigenvalue weighted by atomic mass is 10.2. The van der Waals surface area contributed by atoms with Crippen LogP contribution in [-0.4, -0.2) is 4.98 Å². The Bertz CT molecular complexity index is 664. The molecule has 0 bridgehead atoms. The number of rotatable bonds is 3. The summed E-state index contributed by atoms with van der Waals surface area (Å²) in [5, 5.41) is 1.68. The molecule has 0 saturated carbocycles. The van der Waals surface area contributed by atoms with E-state index in [-0.39, 0.29) is 0 Å². The molecule has 4 heteroatoms. The van der Waals surface area contributed by atoms with Crippen LogP contribution < -0.4 is 4.74 Å². The van der Waals surface area contributed by atoms with Crippen LogP contribution in [0.15, 0.2) is 53.4 Å². The highest BCUT2D eigenvalue weighted by Crippen LogP contribution is 2.25. The van der Waals surface area contributed by atoms with Gasteiger partial charge in [-0.2, -0.15) is 0 Å². The predicted molar refractivity (Wildman–Crippen MR) is 69.8 cm³/mol. The van der Waals surface area contributed by atoms with Gasteiger partial charge in [0.15, 0.2) is 0 Å². The molecule has 0 aliphatic heterocycles. The Labute approximate surface area is 109 Å². The summed E-state index contributed by atoms with van der Waals surface area (Å²) >= 11 is 5.90. The van der Waals surface area contributed by atoms with Crippen molar-refractivity contribution >= 4 is 22.6 Å². The highest BCUT2D eigenvalue weighted by atomic mass is 35.5. The molecule has 0 aliphatic rings. The number of ether oxygens (including phenoxy) is 1. The standard InChI is InChI=1S/C14H10ClNO2/c15-11-3-4-13-10(9-18-14(13)6-11)8-17-12-2-1-5-16-7-12/h1-7,9H,8H2. The van der Waals surface area contributed by atoms with Crippen LogP contribution in [0.3, 0.4) is 0 Å². The number of fused-ring (bicyclic) bond motifs is 1. The molecule has 0 saturated heterocycles. The summed E-state index contributed by atoms with van der Waals surface area (Å²) in [5.74, 6) is 0.737. The van der Waals surface area contributed by atoms with Crippen LogP contribution in [0.2, 0.25) is 5.02 Å². The molecule has 0 N–H and O–H groups in total. The minimum absolute atomic E-state index is 0.445. The van der Waals surface area contributed by atoms with Crippen LogP contribution in [0.25, 0.3) is 11.0 Å². The van der Waals surface area contributed by atoms with Gasteiger partial charge in [0, 0.05) is 22.2 Å². The molecule has 0 atom stereocenters. The first-order valence-electron chi connectivity index (χ1n) is 5.51. The van der Waals surface area contributed by atoms with Gasteiger partial charge in [0.2, 0.25) is 0 Å². The normalized spacial score (nSPS) is 10.7. The quantitative estimate of drug-likeness (QED) is 0.711. The van der Waals surface area contributed by atoms with Crippen molar-refractivity contribution in [2.24, 2.45) is 0 Å². The van der Waals surface area contributed by atoms with E-state index in [1.165, 1.54) is 0 Å². The van der Waals surface area contributed by atoms with Crippen LogP contribution in [0.1, 0.15) is 5.56 Å². The lowest BCUT2D eigenvalue weighted by molar-refractivity contribution is 0.304. The average Bonchev–Trinajstić information content (AvgIpc) is 2.80. The molecule has 0 fully saturated rings. The van der Waals surface area contributed by atoms with Gasteiger partial charge < -0.3 is 9.15 Å². The summed E-state index contributed by atoms with van der Waals surface area (Å²) in [6.07, 6.45) is 5.08. The largest absolute Gasteiger partial charge is 0.487 e. The zero-order chi connectivity index (χ0) is 12.4. The molecular weight excluding hydrogens is 250 g/mol. The van der Waals surface area contributed by atoms with Gasteiger partial charge in [0.25, 0.3) is 0 Å². The van der Waals surface area contributed by atoms with Crippen LogP contribution in [0.5, 0.6) is 5.75 Å². The summed E-state index contributed by atoms with van der Waals surface area (Å²) in [7, 11) is 0. The molecule has 2 heterocycles. The van der Waals surface area contributed by atoms with Gasteiger partial charge in [0.05, 0.1) is 12.5 Å². The van der Waals surface area contributed by atoms with E-state index in [0.717, 1.165) is 22.3 Å². The molecular formula is C14H10ClNO2. The zero-order valence-electron chi connectivity index (χ0n) is 9.47. The van der Waals surface area contributed by atoms with Gasteiger partial charge in [-0.3, -0.25) is 4.98 Å². The highest BCUT2D eigenvalue weighted by molar-refractivity contribution is 6.31. The molecule has 0 spiro atoms. The molecule has 18 heavy (non-hydrogen) atoms. The Morgan fingerprint density at radius 3 is 3.06 bits per heavy atom. The Kier molecular flexibility index (Phi) is 2.90. The van der Waals surface area contributed by atoms with Gasteiger partial charge in [-0.1, -0.05) is 11.6 Å². The van der Waals surface area contributed by atoms with Crippen molar-refractivity contribution in [3.05, 3.63) is 59.6 Å². The number of benzene rings is 1. The fourth-order valence-electron chi connectivity index (χ4n) is 1.76.